The molecule has 0 radical (unpaired) electrons. The lowest BCUT2D eigenvalue weighted by atomic mass is 10.1. The molecule has 1 atom stereocenters. The quantitative estimate of drug-likeness (QED) is 0.285. The Morgan fingerprint density at radius 3 is 2.27 bits per heavy atom. The molecule has 33 heavy (non-hydrogen) atoms. The van der Waals surface area contributed by atoms with Crippen molar-refractivity contribution in [3.05, 3.63) is 102 Å². The molecule has 4 aromatic rings. The molecule has 0 fully saturated rings. The number of benzene rings is 4. The van der Waals surface area contributed by atoms with Crippen molar-refractivity contribution in [2.45, 2.75) is 28.4 Å². The van der Waals surface area contributed by atoms with Crippen LogP contribution in [-0.4, -0.2) is 22.1 Å². The van der Waals surface area contributed by atoms with Crippen molar-refractivity contribution >= 4 is 32.6 Å². The summed E-state index contributed by atoms with van der Waals surface area (Å²) in [5, 5.41) is 2.47. The molecule has 0 saturated heterocycles. The normalized spacial score (nSPS) is 12.5. The summed E-state index contributed by atoms with van der Waals surface area (Å²) in [5.41, 5.74) is 2.16. The largest absolute Gasteiger partial charge is 0.497 e. The van der Waals surface area contributed by atoms with E-state index in [9.17, 15) is 8.42 Å². The fourth-order valence-corrected chi connectivity index (χ4v) is 5.89. The van der Waals surface area contributed by atoms with Crippen LogP contribution in [0.25, 0.3) is 10.8 Å². The van der Waals surface area contributed by atoms with E-state index in [-0.39, 0.29) is 10.1 Å². The minimum atomic E-state index is -3.55. The van der Waals surface area contributed by atoms with Gasteiger partial charge in [-0.25, -0.2) is 13.1 Å². The summed E-state index contributed by atoms with van der Waals surface area (Å²) in [7, 11) is -1.90. The third kappa shape index (κ3) is 5.96. The lowest BCUT2D eigenvalue weighted by Gasteiger charge is -2.18. The predicted octanol–water partition coefficient (Wildman–Crippen LogP) is 6.36. The second kappa shape index (κ2) is 10.4. The molecule has 4 rings (SSSR count). The van der Waals surface area contributed by atoms with E-state index in [0.29, 0.717) is 13.0 Å². The van der Waals surface area contributed by atoms with Crippen LogP contribution in [0.2, 0.25) is 0 Å². The van der Waals surface area contributed by atoms with E-state index in [1.165, 1.54) is 10.8 Å². The Bertz CT molecular complexity index is 1320. The average Bonchev–Trinajstić information content (AvgIpc) is 2.83. The van der Waals surface area contributed by atoms with Crippen LogP contribution in [-0.2, 0) is 10.0 Å². The molecule has 0 bridgehead atoms. The number of aryl methyl sites for hydroxylation is 1. The van der Waals surface area contributed by atoms with Gasteiger partial charge in [0.1, 0.15) is 5.75 Å². The molecular formula is C27H27NO3S2. The molecule has 0 aliphatic carbocycles. The van der Waals surface area contributed by atoms with Gasteiger partial charge < -0.3 is 4.74 Å². The van der Waals surface area contributed by atoms with Crippen molar-refractivity contribution in [3.63, 3.8) is 0 Å². The Morgan fingerprint density at radius 1 is 0.879 bits per heavy atom. The number of thioether (sulfide) groups is 1. The summed E-state index contributed by atoms with van der Waals surface area (Å²) in [4.78, 5) is 1.44. The summed E-state index contributed by atoms with van der Waals surface area (Å²) < 4.78 is 33.5. The fourth-order valence-electron chi connectivity index (χ4n) is 3.64. The van der Waals surface area contributed by atoms with E-state index < -0.39 is 10.0 Å². The number of rotatable bonds is 9. The van der Waals surface area contributed by atoms with Crippen LogP contribution in [0, 0.1) is 6.92 Å². The van der Waals surface area contributed by atoms with Gasteiger partial charge >= 0.3 is 0 Å². The van der Waals surface area contributed by atoms with Gasteiger partial charge in [0.05, 0.1) is 12.0 Å². The van der Waals surface area contributed by atoms with Crippen molar-refractivity contribution in [1.29, 1.82) is 0 Å². The highest BCUT2D eigenvalue weighted by Gasteiger charge is 2.18. The van der Waals surface area contributed by atoms with Gasteiger partial charge in [-0.15, -0.1) is 11.8 Å². The van der Waals surface area contributed by atoms with Crippen molar-refractivity contribution in [1.82, 2.24) is 4.72 Å². The SMILES string of the molecule is COc1ccc(C(CCNS(=O)(=O)c2ccc(C)cc2)Sc2ccc3ccccc3c2)cc1. The number of methoxy groups -OCH3 is 1. The Morgan fingerprint density at radius 2 is 1.58 bits per heavy atom. The maximum absolute atomic E-state index is 12.7. The van der Waals surface area contributed by atoms with Gasteiger partial charge in [0.15, 0.2) is 0 Å². The number of ether oxygens (including phenoxy) is 1. The zero-order valence-electron chi connectivity index (χ0n) is 18.7. The lowest BCUT2D eigenvalue weighted by Crippen LogP contribution is -2.25. The Balaban J connectivity index is 1.52. The van der Waals surface area contributed by atoms with Crippen molar-refractivity contribution in [2.24, 2.45) is 0 Å². The monoisotopic (exact) mass is 477 g/mol. The molecule has 0 saturated carbocycles. The molecule has 170 valence electrons. The lowest BCUT2D eigenvalue weighted by molar-refractivity contribution is 0.414. The molecule has 1 unspecified atom stereocenters. The van der Waals surface area contributed by atoms with E-state index in [1.807, 2.05) is 55.5 Å². The highest BCUT2D eigenvalue weighted by atomic mass is 32.2. The van der Waals surface area contributed by atoms with Gasteiger partial charge in [0, 0.05) is 16.7 Å². The first kappa shape index (κ1) is 23.4. The molecule has 4 nitrogen and oxygen atoms in total. The molecular weight excluding hydrogens is 450 g/mol. The molecule has 0 aliphatic rings. The van der Waals surface area contributed by atoms with Crippen LogP contribution in [0.5, 0.6) is 5.75 Å². The van der Waals surface area contributed by atoms with Crippen molar-refractivity contribution in [2.75, 3.05) is 13.7 Å². The molecule has 4 aromatic carbocycles. The average molecular weight is 478 g/mol. The van der Waals surface area contributed by atoms with E-state index in [2.05, 4.69) is 35.1 Å². The molecule has 6 heteroatoms. The van der Waals surface area contributed by atoms with E-state index >= 15 is 0 Å². The second-order valence-electron chi connectivity index (χ2n) is 7.89. The first-order chi connectivity index (χ1) is 15.9. The Kier molecular flexibility index (Phi) is 7.38. The highest BCUT2D eigenvalue weighted by Crippen LogP contribution is 2.39. The van der Waals surface area contributed by atoms with Crippen molar-refractivity contribution in [3.8, 4) is 5.75 Å². The van der Waals surface area contributed by atoms with Crippen LogP contribution < -0.4 is 9.46 Å². The summed E-state index contributed by atoms with van der Waals surface area (Å²) in [5.74, 6) is 0.799. The highest BCUT2D eigenvalue weighted by molar-refractivity contribution is 7.99. The topological polar surface area (TPSA) is 55.4 Å². The summed E-state index contributed by atoms with van der Waals surface area (Å²) in [6, 6.07) is 29.6. The molecule has 0 aliphatic heterocycles. The molecule has 0 amide bonds. The number of sulfonamides is 1. The van der Waals surface area contributed by atoms with Crippen molar-refractivity contribution < 1.29 is 13.2 Å². The van der Waals surface area contributed by atoms with E-state index in [1.54, 1.807) is 31.0 Å². The minimum Gasteiger partial charge on any atom is -0.497 e. The zero-order valence-corrected chi connectivity index (χ0v) is 20.3. The fraction of sp³-hybridized carbons (Fsp3) is 0.185. The third-order valence-electron chi connectivity index (χ3n) is 5.52. The van der Waals surface area contributed by atoms with Gasteiger partial charge in [-0.1, -0.05) is 60.2 Å². The maximum atomic E-state index is 12.7. The second-order valence-corrected chi connectivity index (χ2v) is 10.9. The number of hydrogen-bond donors (Lipinski definition) is 1. The molecule has 1 N–H and O–H groups in total. The van der Waals surface area contributed by atoms with Crippen LogP contribution in [0.3, 0.4) is 0 Å². The van der Waals surface area contributed by atoms with E-state index in [0.717, 1.165) is 21.8 Å². The van der Waals surface area contributed by atoms with Gasteiger partial charge in [-0.2, -0.15) is 0 Å². The maximum Gasteiger partial charge on any atom is 0.240 e. The minimum absolute atomic E-state index is 0.0813. The van der Waals surface area contributed by atoms with Crippen LogP contribution in [0.4, 0.5) is 0 Å². The first-order valence-electron chi connectivity index (χ1n) is 10.8. The summed E-state index contributed by atoms with van der Waals surface area (Å²) in [6.45, 7) is 2.28. The van der Waals surface area contributed by atoms with Gasteiger partial charge in [-0.05, 0) is 66.1 Å². The van der Waals surface area contributed by atoms with Gasteiger partial charge in [0.25, 0.3) is 0 Å². The van der Waals surface area contributed by atoms with Gasteiger partial charge in [0.2, 0.25) is 10.0 Å². The summed E-state index contributed by atoms with van der Waals surface area (Å²) in [6.07, 6.45) is 0.648. The predicted molar refractivity (Wildman–Crippen MR) is 137 cm³/mol. The third-order valence-corrected chi connectivity index (χ3v) is 8.31. The smallest absolute Gasteiger partial charge is 0.240 e. The van der Waals surface area contributed by atoms with E-state index in [4.69, 9.17) is 4.74 Å². The van der Waals surface area contributed by atoms with Crippen LogP contribution in [0.1, 0.15) is 22.8 Å². The van der Waals surface area contributed by atoms with Gasteiger partial charge in [-0.3, -0.25) is 0 Å². The number of nitrogens with one attached hydrogen (secondary N) is 1. The van der Waals surface area contributed by atoms with Crippen LogP contribution in [0.15, 0.2) is 101 Å². The zero-order chi connectivity index (χ0) is 23.3. The Hall–Kier alpha value is -2.80. The molecule has 0 aromatic heterocycles. The number of fused-ring (bicyclic) bond motifs is 1. The first-order valence-corrected chi connectivity index (χ1v) is 13.2. The Labute approximate surface area is 200 Å². The summed E-state index contributed by atoms with van der Waals surface area (Å²) >= 11 is 1.74. The molecule has 0 spiro atoms. The number of hydrogen-bond acceptors (Lipinski definition) is 4. The standard InChI is InChI=1S/C27H27NO3S2/c1-20-7-15-26(16-8-20)33(29,30)28-18-17-27(22-9-12-24(31-2)13-10-22)32-25-14-11-21-5-3-4-6-23(21)19-25/h3-16,19,27-28H,17-18H2,1-2H3. The van der Waals surface area contributed by atoms with Crippen LogP contribution >= 0.6 is 11.8 Å². The molecule has 0 heterocycles.